The van der Waals surface area contributed by atoms with Crippen LogP contribution in [0.4, 0.5) is 11.6 Å². The normalized spacial score (nSPS) is 10.7. The third-order valence-electron chi connectivity index (χ3n) is 3.92. The van der Waals surface area contributed by atoms with Crippen molar-refractivity contribution in [2.45, 2.75) is 6.54 Å². The van der Waals surface area contributed by atoms with Crippen LogP contribution < -0.4 is 14.4 Å². The number of imidazole rings is 1. The van der Waals surface area contributed by atoms with Gasteiger partial charge in [-0.15, -0.1) is 0 Å². The van der Waals surface area contributed by atoms with Crippen LogP contribution in [0, 0.1) is 10.1 Å². The zero-order valence-corrected chi connectivity index (χ0v) is 14.2. The highest BCUT2D eigenvalue weighted by atomic mass is 16.6. The van der Waals surface area contributed by atoms with E-state index in [1.807, 2.05) is 12.1 Å². The van der Waals surface area contributed by atoms with Crippen LogP contribution in [0.5, 0.6) is 11.5 Å². The van der Waals surface area contributed by atoms with E-state index in [4.69, 9.17) is 9.47 Å². The molecule has 0 N–H and O–H groups in total. The zero-order valence-electron chi connectivity index (χ0n) is 14.2. The number of aromatic nitrogens is 2. The van der Waals surface area contributed by atoms with E-state index in [9.17, 15) is 10.1 Å². The largest absolute Gasteiger partial charge is 0.497 e. The van der Waals surface area contributed by atoms with Gasteiger partial charge in [0.1, 0.15) is 11.5 Å². The van der Waals surface area contributed by atoms with E-state index in [0.29, 0.717) is 29.5 Å². The van der Waals surface area contributed by atoms with Crippen molar-refractivity contribution < 1.29 is 14.4 Å². The minimum absolute atomic E-state index is 0.0643. The average Bonchev–Trinajstić information content (AvgIpc) is 3.02. The Labute approximate surface area is 144 Å². The quantitative estimate of drug-likeness (QED) is 0.506. The van der Waals surface area contributed by atoms with E-state index in [1.165, 1.54) is 4.40 Å². The second kappa shape index (κ2) is 6.68. The number of rotatable bonds is 6. The topological polar surface area (TPSA) is 82.1 Å². The molecule has 1 aromatic carbocycles. The molecular weight excluding hydrogens is 324 g/mol. The monoisotopic (exact) mass is 342 g/mol. The lowest BCUT2D eigenvalue weighted by atomic mass is 10.2. The van der Waals surface area contributed by atoms with Gasteiger partial charge >= 0.3 is 5.82 Å². The van der Waals surface area contributed by atoms with Crippen molar-refractivity contribution in [3.05, 3.63) is 58.3 Å². The van der Waals surface area contributed by atoms with Crippen LogP contribution in [-0.4, -0.2) is 35.6 Å². The van der Waals surface area contributed by atoms with Crippen LogP contribution in [0.2, 0.25) is 0 Å². The number of nitro groups is 1. The summed E-state index contributed by atoms with van der Waals surface area (Å²) >= 11 is 0. The molecule has 0 aliphatic heterocycles. The molecule has 2 heterocycles. The Kier molecular flexibility index (Phi) is 4.42. The van der Waals surface area contributed by atoms with Crippen LogP contribution in [0.3, 0.4) is 0 Å². The van der Waals surface area contributed by atoms with Crippen molar-refractivity contribution in [3.8, 4) is 11.5 Å². The molecule has 0 radical (unpaired) electrons. The molecule has 3 aromatic rings. The Morgan fingerprint density at radius 1 is 1.24 bits per heavy atom. The number of pyridine rings is 1. The van der Waals surface area contributed by atoms with Crippen LogP contribution >= 0.6 is 0 Å². The molecule has 8 heteroatoms. The zero-order chi connectivity index (χ0) is 18.0. The van der Waals surface area contributed by atoms with E-state index in [1.54, 1.807) is 56.6 Å². The molecule has 0 unspecified atom stereocenters. The Bertz CT molecular complexity index is 922. The number of ether oxygens (including phenoxy) is 2. The Morgan fingerprint density at radius 2 is 2.04 bits per heavy atom. The van der Waals surface area contributed by atoms with Crippen molar-refractivity contribution in [1.82, 2.24) is 9.38 Å². The minimum atomic E-state index is -0.420. The fourth-order valence-electron chi connectivity index (χ4n) is 2.71. The molecule has 0 spiro atoms. The van der Waals surface area contributed by atoms with E-state index in [-0.39, 0.29) is 5.82 Å². The predicted molar refractivity (Wildman–Crippen MR) is 93.5 cm³/mol. The molecule has 130 valence electrons. The Hall–Kier alpha value is -3.29. The number of nitrogens with zero attached hydrogens (tertiary/aromatic N) is 4. The lowest BCUT2D eigenvalue weighted by molar-refractivity contribution is -0.389. The lowest BCUT2D eigenvalue weighted by Crippen LogP contribution is -2.18. The number of fused-ring (bicyclic) bond motifs is 1. The third-order valence-corrected chi connectivity index (χ3v) is 3.92. The smallest absolute Gasteiger partial charge is 0.372 e. The Balaban J connectivity index is 1.99. The van der Waals surface area contributed by atoms with Gasteiger partial charge in [0.15, 0.2) is 0 Å². The molecular formula is C17H18N4O4. The van der Waals surface area contributed by atoms with Crippen LogP contribution in [-0.2, 0) is 6.54 Å². The molecule has 8 nitrogen and oxygen atoms in total. The van der Waals surface area contributed by atoms with E-state index < -0.39 is 4.92 Å². The molecule has 3 rings (SSSR count). The van der Waals surface area contributed by atoms with Gasteiger partial charge in [0, 0.05) is 31.3 Å². The van der Waals surface area contributed by atoms with Crippen LogP contribution in [0.1, 0.15) is 5.56 Å². The summed E-state index contributed by atoms with van der Waals surface area (Å²) in [5.41, 5.74) is 1.40. The summed E-state index contributed by atoms with van der Waals surface area (Å²) in [6, 6.07) is 10.7. The summed E-state index contributed by atoms with van der Waals surface area (Å²) < 4.78 is 12.1. The van der Waals surface area contributed by atoms with Gasteiger partial charge in [-0.3, -0.25) is 0 Å². The van der Waals surface area contributed by atoms with Crippen molar-refractivity contribution in [2.24, 2.45) is 0 Å². The molecule has 0 amide bonds. The van der Waals surface area contributed by atoms with Gasteiger partial charge < -0.3 is 24.5 Å². The molecule has 0 bridgehead atoms. The molecule has 0 atom stereocenters. The summed E-state index contributed by atoms with van der Waals surface area (Å²) in [6.45, 7) is 0.401. The maximum absolute atomic E-state index is 11.5. The average molecular weight is 342 g/mol. The highest BCUT2D eigenvalue weighted by Gasteiger charge is 2.25. The molecule has 0 saturated carbocycles. The first-order valence-electron chi connectivity index (χ1n) is 7.58. The molecule has 0 saturated heterocycles. The summed E-state index contributed by atoms with van der Waals surface area (Å²) in [4.78, 5) is 17.3. The standard InChI is InChI=1S/C17H18N4O4/c1-19(11-12-7-8-13(24-2)10-14(12)25-3)16-17(21(22)23)20-9-5-4-6-15(20)18-16/h4-10H,11H2,1-3H3. The number of methoxy groups -OCH3 is 2. The first-order valence-corrected chi connectivity index (χ1v) is 7.58. The van der Waals surface area contributed by atoms with E-state index in [0.717, 1.165) is 5.56 Å². The fourth-order valence-corrected chi connectivity index (χ4v) is 2.71. The highest BCUT2D eigenvalue weighted by molar-refractivity contribution is 5.63. The van der Waals surface area contributed by atoms with Crippen molar-refractivity contribution in [1.29, 1.82) is 0 Å². The summed E-state index contributed by atoms with van der Waals surface area (Å²) in [7, 11) is 4.92. The van der Waals surface area contributed by atoms with Gasteiger partial charge in [-0.25, -0.2) is 0 Å². The lowest BCUT2D eigenvalue weighted by Gasteiger charge is -2.18. The minimum Gasteiger partial charge on any atom is -0.497 e. The number of anilines is 1. The maximum Gasteiger partial charge on any atom is 0.372 e. The number of hydrogen-bond donors (Lipinski definition) is 0. The fraction of sp³-hybridized carbons (Fsp3) is 0.235. The first kappa shape index (κ1) is 16.6. The molecule has 0 aliphatic rings. The predicted octanol–water partition coefficient (Wildman–Crippen LogP) is 2.90. The van der Waals surface area contributed by atoms with Gasteiger partial charge in [0.25, 0.3) is 0 Å². The van der Waals surface area contributed by atoms with E-state index in [2.05, 4.69) is 4.98 Å². The Morgan fingerprint density at radius 3 is 2.72 bits per heavy atom. The highest BCUT2D eigenvalue weighted by Crippen LogP contribution is 2.31. The second-order valence-corrected chi connectivity index (χ2v) is 5.48. The second-order valence-electron chi connectivity index (χ2n) is 5.48. The van der Waals surface area contributed by atoms with Crippen molar-refractivity contribution >= 4 is 17.3 Å². The first-order chi connectivity index (χ1) is 12.0. The van der Waals surface area contributed by atoms with Gasteiger partial charge in [0.05, 0.1) is 20.4 Å². The number of benzene rings is 1. The molecule has 2 aromatic heterocycles. The molecule has 0 aliphatic carbocycles. The van der Waals surface area contributed by atoms with Gasteiger partial charge in [-0.05, 0) is 23.1 Å². The van der Waals surface area contributed by atoms with Crippen LogP contribution in [0.25, 0.3) is 5.65 Å². The van der Waals surface area contributed by atoms with Gasteiger partial charge in [-0.1, -0.05) is 6.07 Å². The van der Waals surface area contributed by atoms with Crippen molar-refractivity contribution in [2.75, 3.05) is 26.2 Å². The van der Waals surface area contributed by atoms with Gasteiger partial charge in [-0.2, -0.15) is 9.38 Å². The molecule has 25 heavy (non-hydrogen) atoms. The third kappa shape index (κ3) is 3.06. The van der Waals surface area contributed by atoms with Crippen molar-refractivity contribution in [3.63, 3.8) is 0 Å². The SMILES string of the molecule is COc1ccc(CN(C)c2nc3ccccn3c2[N+](=O)[O-])c(OC)c1. The van der Waals surface area contributed by atoms with E-state index >= 15 is 0 Å². The van der Waals surface area contributed by atoms with Gasteiger partial charge in [0.2, 0.25) is 11.5 Å². The number of hydrogen-bond acceptors (Lipinski definition) is 6. The summed E-state index contributed by atoms with van der Waals surface area (Å²) in [6.07, 6.45) is 1.63. The molecule has 0 fully saturated rings. The summed E-state index contributed by atoms with van der Waals surface area (Å²) in [5, 5.41) is 11.5. The maximum atomic E-state index is 11.5. The summed E-state index contributed by atoms with van der Waals surface area (Å²) in [5.74, 6) is 1.57. The van der Waals surface area contributed by atoms with Crippen LogP contribution in [0.15, 0.2) is 42.6 Å².